The van der Waals surface area contributed by atoms with Gasteiger partial charge in [0.1, 0.15) is 0 Å². The summed E-state index contributed by atoms with van der Waals surface area (Å²) in [7, 11) is 3.41. The van der Waals surface area contributed by atoms with E-state index in [0.717, 1.165) is 16.7 Å². The number of hydrogen-bond acceptors (Lipinski definition) is 2. The van der Waals surface area contributed by atoms with Crippen LogP contribution in [0.3, 0.4) is 0 Å². The number of aryl methyl sites for hydroxylation is 2. The van der Waals surface area contributed by atoms with Gasteiger partial charge < -0.3 is 5.32 Å². The summed E-state index contributed by atoms with van der Waals surface area (Å²) < 4.78 is 3.10. The van der Waals surface area contributed by atoms with Crippen LogP contribution in [0.15, 0.2) is 53.3 Å². The highest BCUT2D eigenvalue weighted by Crippen LogP contribution is 2.15. The fraction of sp³-hybridized carbons (Fsp3) is 0.125. The van der Waals surface area contributed by atoms with Gasteiger partial charge in [-0.3, -0.25) is 13.9 Å². The molecule has 0 saturated carbocycles. The Morgan fingerprint density at radius 3 is 2.33 bits per heavy atom. The van der Waals surface area contributed by atoms with E-state index in [-0.39, 0.29) is 11.6 Å². The highest BCUT2D eigenvalue weighted by Gasteiger charge is 2.11. The van der Waals surface area contributed by atoms with Gasteiger partial charge in [-0.25, -0.2) is 4.79 Å². The molecule has 0 aliphatic rings. The van der Waals surface area contributed by atoms with Gasteiger partial charge in [-0.15, -0.1) is 0 Å². The molecule has 5 heteroatoms. The molecule has 0 aliphatic heterocycles. The van der Waals surface area contributed by atoms with Gasteiger partial charge in [-0.1, -0.05) is 18.2 Å². The van der Waals surface area contributed by atoms with E-state index in [1.807, 2.05) is 30.3 Å². The number of rotatable bonds is 2. The number of nitrogens with zero attached hydrogens (tertiary/aromatic N) is 2. The average molecular weight is 281 g/mol. The third kappa shape index (κ3) is 2.23. The zero-order valence-electron chi connectivity index (χ0n) is 11.8. The molecule has 0 spiro atoms. The Balaban J connectivity index is 2.00. The quantitative estimate of drug-likeness (QED) is 0.782. The lowest BCUT2D eigenvalue weighted by Crippen LogP contribution is -2.19. The molecule has 1 aromatic heterocycles. The molecule has 5 nitrogen and oxygen atoms in total. The van der Waals surface area contributed by atoms with E-state index >= 15 is 0 Å². The Kier molecular flexibility index (Phi) is 3.10. The highest BCUT2D eigenvalue weighted by atomic mass is 16.2. The first-order chi connectivity index (χ1) is 10.1. The van der Waals surface area contributed by atoms with Crippen LogP contribution in [0.4, 0.5) is 5.69 Å². The van der Waals surface area contributed by atoms with Crippen LogP contribution in [0.25, 0.3) is 11.0 Å². The predicted molar refractivity (Wildman–Crippen MR) is 82.6 cm³/mol. The number of imidazole rings is 1. The molecule has 0 atom stereocenters. The van der Waals surface area contributed by atoms with Crippen molar-refractivity contribution < 1.29 is 4.79 Å². The van der Waals surface area contributed by atoms with Crippen molar-refractivity contribution in [3.63, 3.8) is 0 Å². The standard InChI is InChI=1S/C16H15N3O2/c1-18-13-9-8-11(10-14(13)19(2)16(18)21)15(20)17-12-6-4-3-5-7-12/h3-10H,1-2H3,(H,17,20). The maximum absolute atomic E-state index is 12.3. The maximum Gasteiger partial charge on any atom is 0.328 e. The number of nitrogens with one attached hydrogen (secondary N) is 1. The van der Waals surface area contributed by atoms with Gasteiger partial charge in [0.25, 0.3) is 5.91 Å². The van der Waals surface area contributed by atoms with E-state index in [2.05, 4.69) is 5.32 Å². The Morgan fingerprint density at radius 1 is 0.952 bits per heavy atom. The van der Waals surface area contributed by atoms with Gasteiger partial charge in [0, 0.05) is 25.3 Å². The molecular formula is C16H15N3O2. The number of anilines is 1. The first kappa shape index (κ1) is 13.2. The number of hydrogen-bond donors (Lipinski definition) is 1. The van der Waals surface area contributed by atoms with Crippen molar-refractivity contribution in [2.75, 3.05) is 5.32 Å². The van der Waals surface area contributed by atoms with E-state index < -0.39 is 0 Å². The van der Waals surface area contributed by atoms with Crippen molar-refractivity contribution in [2.45, 2.75) is 0 Å². The van der Waals surface area contributed by atoms with Crippen LogP contribution in [0.1, 0.15) is 10.4 Å². The summed E-state index contributed by atoms with van der Waals surface area (Å²) in [5, 5.41) is 2.83. The van der Waals surface area contributed by atoms with E-state index in [1.54, 1.807) is 36.9 Å². The average Bonchev–Trinajstić information content (AvgIpc) is 2.73. The Labute approximate surface area is 121 Å². The molecule has 0 aliphatic carbocycles. The number of benzene rings is 2. The Morgan fingerprint density at radius 2 is 1.62 bits per heavy atom. The fourth-order valence-electron chi connectivity index (χ4n) is 2.37. The summed E-state index contributed by atoms with van der Waals surface area (Å²) in [6, 6.07) is 14.5. The smallest absolute Gasteiger partial charge is 0.322 e. The van der Waals surface area contributed by atoms with Crippen LogP contribution in [0.5, 0.6) is 0 Å². The summed E-state index contributed by atoms with van der Waals surface area (Å²) in [6.45, 7) is 0. The maximum atomic E-state index is 12.3. The van der Waals surface area contributed by atoms with Crippen molar-refractivity contribution in [3.05, 3.63) is 64.6 Å². The largest absolute Gasteiger partial charge is 0.328 e. The molecule has 0 unspecified atom stereocenters. The first-order valence-corrected chi connectivity index (χ1v) is 6.60. The number of para-hydroxylation sites is 1. The number of carbonyl (C=O) groups is 1. The van der Waals surface area contributed by atoms with Gasteiger partial charge >= 0.3 is 5.69 Å². The second-order valence-electron chi connectivity index (χ2n) is 4.92. The molecule has 3 aromatic rings. The number of carbonyl (C=O) groups excluding carboxylic acids is 1. The van der Waals surface area contributed by atoms with Gasteiger partial charge in [0.15, 0.2) is 0 Å². The third-order valence-electron chi connectivity index (χ3n) is 3.57. The van der Waals surface area contributed by atoms with Crippen molar-refractivity contribution >= 4 is 22.6 Å². The zero-order valence-corrected chi connectivity index (χ0v) is 11.8. The molecule has 106 valence electrons. The van der Waals surface area contributed by atoms with E-state index in [0.29, 0.717) is 5.56 Å². The fourth-order valence-corrected chi connectivity index (χ4v) is 2.37. The molecule has 0 saturated heterocycles. The lowest BCUT2D eigenvalue weighted by molar-refractivity contribution is 0.102. The summed E-state index contributed by atoms with van der Waals surface area (Å²) in [6.07, 6.45) is 0. The number of fused-ring (bicyclic) bond motifs is 1. The Hall–Kier alpha value is -2.82. The van der Waals surface area contributed by atoms with Gasteiger partial charge in [0.05, 0.1) is 11.0 Å². The van der Waals surface area contributed by atoms with E-state index in [4.69, 9.17) is 0 Å². The summed E-state index contributed by atoms with van der Waals surface area (Å²) in [4.78, 5) is 24.1. The first-order valence-electron chi connectivity index (χ1n) is 6.60. The summed E-state index contributed by atoms with van der Waals surface area (Å²) >= 11 is 0. The van der Waals surface area contributed by atoms with Gasteiger partial charge in [0.2, 0.25) is 0 Å². The van der Waals surface area contributed by atoms with Crippen LogP contribution in [0, 0.1) is 0 Å². The predicted octanol–water partition coefficient (Wildman–Crippen LogP) is 2.13. The third-order valence-corrected chi connectivity index (χ3v) is 3.57. The van der Waals surface area contributed by atoms with Crippen molar-refractivity contribution in [1.82, 2.24) is 9.13 Å². The minimum absolute atomic E-state index is 0.106. The van der Waals surface area contributed by atoms with Crippen LogP contribution in [0.2, 0.25) is 0 Å². The van der Waals surface area contributed by atoms with E-state index in [1.165, 1.54) is 4.57 Å². The number of aromatic nitrogens is 2. The molecular weight excluding hydrogens is 266 g/mol. The normalized spacial score (nSPS) is 10.8. The van der Waals surface area contributed by atoms with Gasteiger partial charge in [-0.2, -0.15) is 0 Å². The van der Waals surface area contributed by atoms with Gasteiger partial charge in [-0.05, 0) is 30.3 Å². The second kappa shape index (κ2) is 4.94. The van der Waals surface area contributed by atoms with Crippen LogP contribution in [-0.2, 0) is 14.1 Å². The second-order valence-corrected chi connectivity index (χ2v) is 4.92. The van der Waals surface area contributed by atoms with Crippen molar-refractivity contribution in [3.8, 4) is 0 Å². The summed E-state index contributed by atoms with van der Waals surface area (Å²) in [5.74, 6) is -0.195. The molecule has 0 radical (unpaired) electrons. The van der Waals surface area contributed by atoms with Crippen molar-refractivity contribution in [1.29, 1.82) is 0 Å². The molecule has 3 rings (SSSR count). The van der Waals surface area contributed by atoms with Crippen LogP contribution in [-0.4, -0.2) is 15.0 Å². The lowest BCUT2D eigenvalue weighted by atomic mass is 10.1. The van der Waals surface area contributed by atoms with Crippen LogP contribution >= 0.6 is 0 Å². The molecule has 0 bridgehead atoms. The molecule has 1 amide bonds. The minimum Gasteiger partial charge on any atom is -0.322 e. The molecule has 1 N–H and O–H groups in total. The lowest BCUT2D eigenvalue weighted by Gasteiger charge is -2.05. The Bertz CT molecular complexity index is 876. The number of amides is 1. The summed E-state index contributed by atoms with van der Waals surface area (Å²) in [5.41, 5.74) is 2.70. The SMILES string of the molecule is Cn1c(=O)n(C)c2cc(C(=O)Nc3ccccc3)ccc21. The highest BCUT2D eigenvalue weighted by molar-refractivity contribution is 6.05. The monoisotopic (exact) mass is 281 g/mol. The molecule has 1 heterocycles. The molecule has 2 aromatic carbocycles. The van der Waals surface area contributed by atoms with E-state index in [9.17, 15) is 9.59 Å². The topological polar surface area (TPSA) is 56.0 Å². The van der Waals surface area contributed by atoms with Crippen LogP contribution < -0.4 is 11.0 Å². The zero-order chi connectivity index (χ0) is 15.0. The molecule has 0 fully saturated rings. The molecule has 21 heavy (non-hydrogen) atoms. The minimum atomic E-state index is -0.195. The van der Waals surface area contributed by atoms with Crippen molar-refractivity contribution in [2.24, 2.45) is 14.1 Å².